The van der Waals surface area contributed by atoms with Gasteiger partial charge < -0.3 is 4.74 Å². The Balaban J connectivity index is 2.36. The summed E-state index contributed by atoms with van der Waals surface area (Å²) in [5.74, 6) is 0.175. The topological polar surface area (TPSA) is 33.0 Å². The molecule has 1 atom stereocenters. The Labute approximate surface area is 82.9 Å². The van der Waals surface area contributed by atoms with Gasteiger partial charge in [0.1, 0.15) is 11.6 Å². The van der Waals surface area contributed by atoms with E-state index in [0.29, 0.717) is 18.8 Å². The highest BCUT2D eigenvalue weighted by molar-refractivity contribution is 5.22. The van der Waals surface area contributed by atoms with Gasteiger partial charge in [0.2, 0.25) is 0 Å². The Morgan fingerprint density at radius 1 is 1.57 bits per heavy atom. The van der Waals surface area contributed by atoms with Crippen molar-refractivity contribution in [2.45, 2.75) is 13.3 Å². The standard InChI is InChI=1S/C11H12FNO/c1-9(8-13)5-6-14-11-4-2-3-10(12)7-11/h2-4,7,9H,5-6H2,1H3. The fourth-order valence-corrected chi connectivity index (χ4v) is 0.975. The van der Waals surface area contributed by atoms with E-state index in [1.165, 1.54) is 12.1 Å². The van der Waals surface area contributed by atoms with E-state index in [0.717, 1.165) is 0 Å². The Kier molecular flexibility index (Phi) is 3.93. The third kappa shape index (κ3) is 3.44. The van der Waals surface area contributed by atoms with Crippen LogP contribution in [0, 0.1) is 23.1 Å². The van der Waals surface area contributed by atoms with E-state index >= 15 is 0 Å². The van der Waals surface area contributed by atoms with Gasteiger partial charge in [0.05, 0.1) is 12.7 Å². The number of hydrogen-bond donors (Lipinski definition) is 0. The molecule has 0 saturated carbocycles. The summed E-state index contributed by atoms with van der Waals surface area (Å²) in [6.07, 6.45) is 0.660. The van der Waals surface area contributed by atoms with E-state index in [1.54, 1.807) is 12.1 Å². The molecule has 0 amide bonds. The molecule has 0 aliphatic carbocycles. The highest BCUT2D eigenvalue weighted by Crippen LogP contribution is 2.12. The number of ether oxygens (including phenoxy) is 1. The lowest BCUT2D eigenvalue weighted by Gasteiger charge is -2.06. The minimum atomic E-state index is -0.309. The molecule has 14 heavy (non-hydrogen) atoms. The fraction of sp³-hybridized carbons (Fsp3) is 0.364. The van der Waals surface area contributed by atoms with Crippen LogP contribution in [-0.2, 0) is 0 Å². The normalized spacial score (nSPS) is 11.8. The van der Waals surface area contributed by atoms with Gasteiger partial charge in [-0.1, -0.05) is 6.07 Å². The first-order valence-electron chi connectivity index (χ1n) is 4.50. The van der Waals surface area contributed by atoms with Gasteiger partial charge in [0, 0.05) is 12.0 Å². The van der Waals surface area contributed by atoms with Crippen molar-refractivity contribution in [2.24, 2.45) is 5.92 Å². The largest absolute Gasteiger partial charge is 0.493 e. The Bertz CT molecular complexity index is 332. The maximum atomic E-state index is 12.7. The van der Waals surface area contributed by atoms with Crippen molar-refractivity contribution < 1.29 is 9.13 Å². The molecular weight excluding hydrogens is 181 g/mol. The number of rotatable bonds is 4. The average Bonchev–Trinajstić information content (AvgIpc) is 2.17. The lowest BCUT2D eigenvalue weighted by Crippen LogP contribution is -2.02. The molecule has 0 radical (unpaired) electrons. The molecular formula is C11H12FNO. The maximum absolute atomic E-state index is 12.7. The second kappa shape index (κ2) is 5.23. The third-order valence-electron chi connectivity index (χ3n) is 1.84. The van der Waals surface area contributed by atoms with Gasteiger partial charge in [-0.3, -0.25) is 0 Å². The molecule has 3 heteroatoms. The molecule has 1 rings (SSSR count). The molecule has 0 fully saturated rings. The van der Waals surface area contributed by atoms with Crippen LogP contribution < -0.4 is 4.74 Å². The molecule has 1 aromatic carbocycles. The first-order valence-corrected chi connectivity index (χ1v) is 4.50. The lowest BCUT2D eigenvalue weighted by atomic mass is 10.1. The Morgan fingerprint density at radius 2 is 2.36 bits per heavy atom. The molecule has 0 saturated heterocycles. The number of nitrogens with zero attached hydrogens (tertiary/aromatic N) is 1. The fourth-order valence-electron chi connectivity index (χ4n) is 0.975. The third-order valence-corrected chi connectivity index (χ3v) is 1.84. The van der Waals surface area contributed by atoms with Gasteiger partial charge in [-0.25, -0.2) is 4.39 Å². The van der Waals surface area contributed by atoms with Crippen LogP contribution in [0.5, 0.6) is 5.75 Å². The molecule has 0 spiro atoms. The molecule has 1 aromatic rings. The monoisotopic (exact) mass is 193 g/mol. The van der Waals surface area contributed by atoms with Gasteiger partial charge in [0.15, 0.2) is 0 Å². The van der Waals surface area contributed by atoms with Gasteiger partial charge in [-0.15, -0.1) is 0 Å². The number of hydrogen-bond acceptors (Lipinski definition) is 2. The summed E-state index contributed by atoms with van der Waals surface area (Å²) in [7, 11) is 0. The second-order valence-electron chi connectivity index (χ2n) is 3.12. The summed E-state index contributed by atoms with van der Waals surface area (Å²) in [6, 6.07) is 8.09. The van der Waals surface area contributed by atoms with Gasteiger partial charge in [0.25, 0.3) is 0 Å². The molecule has 0 heterocycles. The van der Waals surface area contributed by atoms with Crippen LogP contribution in [-0.4, -0.2) is 6.61 Å². The van der Waals surface area contributed by atoms with Crippen LogP contribution in [0.3, 0.4) is 0 Å². The highest BCUT2D eigenvalue weighted by Gasteiger charge is 2.00. The summed E-state index contributed by atoms with van der Waals surface area (Å²) in [6.45, 7) is 2.27. The zero-order valence-electron chi connectivity index (χ0n) is 8.03. The first kappa shape index (κ1) is 10.5. The molecule has 2 nitrogen and oxygen atoms in total. The van der Waals surface area contributed by atoms with Crippen LogP contribution in [0.2, 0.25) is 0 Å². The summed E-state index contributed by atoms with van der Waals surface area (Å²) in [5, 5.41) is 8.51. The SMILES string of the molecule is CC(C#N)CCOc1cccc(F)c1. The van der Waals surface area contributed by atoms with Crippen LogP contribution in [0.4, 0.5) is 4.39 Å². The van der Waals surface area contributed by atoms with E-state index in [2.05, 4.69) is 6.07 Å². The zero-order chi connectivity index (χ0) is 10.4. The van der Waals surface area contributed by atoms with Crippen LogP contribution in [0.25, 0.3) is 0 Å². The van der Waals surface area contributed by atoms with Gasteiger partial charge in [-0.05, 0) is 25.5 Å². The molecule has 0 N–H and O–H groups in total. The average molecular weight is 193 g/mol. The molecule has 0 aliphatic rings. The molecule has 0 bridgehead atoms. The summed E-state index contributed by atoms with van der Waals surface area (Å²) in [5.41, 5.74) is 0. The van der Waals surface area contributed by atoms with Crippen molar-refractivity contribution >= 4 is 0 Å². The minimum Gasteiger partial charge on any atom is -0.493 e. The number of nitriles is 1. The highest BCUT2D eigenvalue weighted by atomic mass is 19.1. The van der Waals surface area contributed by atoms with Crippen LogP contribution >= 0.6 is 0 Å². The predicted octanol–water partition coefficient (Wildman–Crippen LogP) is 2.75. The Hall–Kier alpha value is -1.56. The number of benzene rings is 1. The van der Waals surface area contributed by atoms with Crippen molar-refractivity contribution in [2.75, 3.05) is 6.61 Å². The van der Waals surface area contributed by atoms with E-state index in [4.69, 9.17) is 10.00 Å². The summed E-state index contributed by atoms with van der Waals surface area (Å²) >= 11 is 0. The first-order chi connectivity index (χ1) is 6.72. The summed E-state index contributed by atoms with van der Waals surface area (Å²) < 4.78 is 18.0. The maximum Gasteiger partial charge on any atom is 0.126 e. The van der Waals surface area contributed by atoms with Crippen molar-refractivity contribution in [1.82, 2.24) is 0 Å². The molecule has 1 unspecified atom stereocenters. The molecule has 0 aliphatic heterocycles. The zero-order valence-corrected chi connectivity index (χ0v) is 8.03. The van der Waals surface area contributed by atoms with Gasteiger partial charge >= 0.3 is 0 Å². The van der Waals surface area contributed by atoms with Crippen molar-refractivity contribution in [3.8, 4) is 11.8 Å². The van der Waals surface area contributed by atoms with E-state index < -0.39 is 0 Å². The number of halogens is 1. The second-order valence-corrected chi connectivity index (χ2v) is 3.12. The Morgan fingerprint density at radius 3 is 3.00 bits per heavy atom. The van der Waals surface area contributed by atoms with E-state index in [1.807, 2.05) is 6.92 Å². The van der Waals surface area contributed by atoms with E-state index in [-0.39, 0.29) is 11.7 Å². The molecule has 74 valence electrons. The quantitative estimate of drug-likeness (QED) is 0.736. The lowest BCUT2D eigenvalue weighted by molar-refractivity contribution is 0.296. The van der Waals surface area contributed by atoms with Crippen molar-refractivity contribution in [3.05, 3.63) is 30.1 Å². The van der Waals surface area contributed by atoms with E-state index in [9.17, 15) is 4.39 Å². The van der Waals surface area contributed by atoms with Crippen molar-refractivity contribution in [1.29, 1.82) is 5.26 Å². The van der Waals surface area contributed by atoms with Crippen LogP contribution in [0.15, 0.2) is 24.3 Å². The molecule has 0 aromatic heterocycles. The minimum absolute atomic E-state index is 0.0245. The summed E-state index contributed by atoms with van der Waals surface area (Å²) in [4.78, 5) is 0. The van der Waals surface area contributed by atoms with Crippen molar-refractivity contribution in [3.63, 3.8) is 0 Å². The predicted molar refractivity (Wildman–Crippen MR) is 51.3 cm³/mol. The smallest absolute Gasteiger partial charge is 0.126 e. The van der Waals surface area contributed by atoms with Gasteiger partial charge in [-0.2, -0.15) is 5.26 Å². The van der Waals surface area contributed by atoms with Crippen LogP contribution in [0.1, 0.15) is 13.3 Å².